The van der Waals surface area contributed by atoms with Crippen LogP contribution in [0.2, 0.25) is 0 Å². The summed E-state index contributed by atoms with van der Waals surface area (Å²) >= 11 is 0. The van der Waals surface area contributed by atoms with Gasteiger partial charge in [0.05, 0.1) is 13.0 Å². The maximum atomic E-state index is 11.7. The van der Waals surface area contributed by atoms with E-state index in [0.29, 0.717) is 18.9 Å². The summed E-state index contributed by atoms with van der Waals surface area (Å²) in [5.74, 6) is 2.13. The third-order valence-electron chi connectivity index (χ3n) is 3.72. The molecule has 106 valence electrons. The smallest absolute Gasteiger partial charge is 0.248 e. The topological polar surface area (TPSA) is 51.5 Å². The van der Waals surface area contributed by atoms with Gasteiger partial charge in [-0.3, -0.25) is 9.63 Å². The molecule has 1 aliphatic rings. The van der Waals surface area contributed by atoms with E-state index in [1.807, 2.05) is 19.9 Å². The number of hydrogen-bond donors (Lipinski definition) is 1. The number of furan rings is 1. The lowest BCUT2D eigenvalue weighted by Gasteiger charge is -2.20. The normalized spacial score (nSPS) is 16.5. The third-order valence-corrected chi connectivity index (χ3v) is 3.72. The number of carbonyl (C=O) groups is 1. The van der Waals surface area contributed by atoms with Crippen molar-refractivity contribution in [2.45, 2.75) is 52.4 Å². The Morgan fingerprint density at radius 3 is 2.74 bits per heavy atom. The molecule has 0 aromatic carbocycles. The Labute approximate surface area is 114 Å². The fourth-order valence-corrected chi connectivity index (χ4v) is 2.66. The van der Waals surface area contributed by atoms with Crippen molar-refractivity contribution in [2.24, 2.45) is 5.92 Å². The Hall–Kier alpha value is -1.29. The van der Waals surface area contributed by atoms with Gasteiger partial charge in [0.2, 0.25) is 5.91 Å². The van der Waals surface area contributed by atoms with Crippen LogP contribution in [0.4, 0.5) is 0 Å². The quantitative estimate of drug-likeness (QED) is 0.832. The highest BCUT2D eigenvalue weighted by atomic mass is 16.6. The molecule has 0 spiro atoms. The lowest BCUT2D eigenvalue weighted by atomic mass is 9.90. The molecule has 4 heteroatoms. The summed E-state index contributed by atoms with van der Waals surface area (Å²) < 4.78 is 5.39. The first-order chi connectivity index (χ1) is 9.15. The van der Waals surface area contributed by atoms with E-state index in [2.05, 4.69) is 5.48 Å². The van der Waals surface area contributed by atoms with Gasteiger partial charge in [-0.25, -0.2) is 5.48 Å². The molecule has 4 nitrogen and oxygen atoms in total. The van der Waals surface area contributed by atoms with Crippen LogP contribution in [0.1, 0.15) is 49.2 Å². The first-order valence-electron chi connectivity index (χ1n) is 7.11. The predicted octanol–water partition coefficient (Wildman–Crippen LogP) is 3.07. The average molecular weight is 265 g/mol. The van der Waals surface area contributed by atoms with Crippen LogP contribution in [-0.2, 0) is 16.1 Å². The zero-order valence-electron chi connectivity index (χ0n) is 11.8. The standard InChI is InChI=1S/C15H23NO3/c1-11-8-14(12(2)19-11)9-15(17)16-18-10-13-6-4-3-5-7-13/h8,13H,3-7,9-10H2,1-2H3,(H,16,17). The number of hydroxylamine groups is 1. The van der Waals surface area contributed by atoms with E-state index in [-0.39, 0.29) is 5.91 Å². The van der Waals surface area contributed by atoms with Gasteiger partial charge in [0.1, 0.15) is 11.5 Å². The first-order valence-corrected chi connectivity index (χ1v) is 7.11. The van der Waals surface area contributed by atoms with Crippen molar-refractivity contribution in [3.8, 4) is 0 Å². The highest BCUT2D eigenvalue weighted by molar-refractivity contribution is 5.77. The number of nitrogens with one attached hydrogen (secondary N) is 1. The van der Waals surface area contributed by atoms with Crippen LogP contribution in [0.25, 0.3) is 0 Å². The van der Waals surface area contributed by atoms with Crippen LogP contribution in [0.3, 0.4) is 0 Å². The molecule has 1 amide bonds. The Morgan fingerprint density at radius 2 is 2.11 bits per heavy atom. The number of aryl methyl sites for hydroxylation is 2. The van der Waals surface area contributed by atoms with Crippen molar-refractivity contribution in [3.05, 3.63) is 23.2 Å². The zero-order chi connectivity index (χ0) is 13.7. The summed E-state index contributed by atoms with van der Waals surface area (Å²) in [6.45, 7) is 4.39. The van der Waals surface area contributed by atoms with E-state index in [0.717, 1.165) is 17.1 Å². The highest BCUT2D eigenvalue weighted by Crippen LogP contribution is 2.23. The predicted molar refractivity (Wildman–Crippen MR) is 72.6 cm³/mol. The molecule has 0 atom stereocenters. The summed E-state index contributed by atoms with van der Waals surface area (Å²) in [4.78, 5) is 17.1. The van der Waals surface area contributed by atoms with Gasteiger partial charge in [0.15, 0.2) is 0 Å². The van der Waals surface area contributed by atoms with Crippen molar-refractivity contribution in [1.82, 2.24) is 5.48 Å². The van der Waals surface area contributed by atoms with Gasteiger partial charge in [-0.2, -0.15) is 0 Å². The fraction of sp³-hybridized carbons (Fsp3) is 0.667. The Balaban J connectivity index is 1.68. The third kappa shape index (κ3) is 4.39. The van der Waals surface area contributed by atoms with Gasteiger partial charge >= 0.3 is 0 Å². The SMILES string of the molecule is Cc1cc(CC(=O)NOCC2CCCCC2)c(C)o1. The second-order valence-corrected chi connectivity index (χ2v) is 5.46. The van der Waals surface area contributed by atoms with Crippen LogP contribution >= 0.6 is 0 Å². The van der Waals surface area contributed by atoms with E-state index in [1.54, 1.807) is 0 Å². The second kappa shape index (κ2) is 6.75. The maximum Gasteiger partial charge on any atom is 0.248 e. The molecule has 1 aliphatic carbocycles. The van der Waals surface area contributed by atoms with Crippen LogP contribution in [-0.4, -0.2) is 12.5 Å². The summed E-state index contributed by atoms with van der Waals surface area (Å²) in [5, 5.41) is 0. The summed E-state index contributed by atoms with van der Waals surface area (Å²) in [6, 6.07) is 1.90. The average Bonchev–Trinajstić information content (AvgIpc) is 2.69. The lowest BCUT2D eigenvalue weighted by Crippen LogP contribution is -2.28. The zero-order valence-corrected chi connectivity index (χ0v) is 11.8. The van der Waals surface area contributed by atoms with E-state index in [4.69, 9.17) is 9.25 Å². The van der Waals surface area contributed by atoms with Gasteiger partial charge < -0.3 is 4.42 Å². The molecule has 1 aromatic heterocycles. The fourth-order valence-electron chi connectivity index (χ4n) is 2.66. The van der Waals surface area contributed by atoms with E-state index >= 15 is 0 Å². The minimum absolute atomic E-state index is 0.111. The molecule has 1 aromatic rings. The lowest BCUT2D eigenvalue weighted by molar-refractivity contribution is -0.134. The second-order valence-electron chi connectivity index (χ2n) is 5.46. The van der Waals surface area contributed by atoms with E-state index in [1.165, 1.54) is 32.1 Å². The molecule has 0 aliphatic heterocycles. The minimum atomic E-state index is -0.111. The van der Waals surface area contributed by atoms with Gasteiger partial charge in [-0.1, -0.05) is 19.3 Å². The van der Waals surface area contributed by atoms with Gasteiger partial charge in [0.25, 0.3) is 0 Å². The Kier molecular flexibility index (Phi) is 5.02. The molecule has 1 fully saturated rings. The van der Waals surface area contributed by atoms with Crippen molar-refractivity contribution >= 4 is 5.91 Å². The molecule has 0 radical (unpaired) electrons. The van der Waals surface area contributed by atoms with Crippen molar-refractivity contribution in [1.29, 1.82) is 0 Å². The van der Waals surface area contributed by atoms with Crippen molar-refractivity contribution < 1.29 is 14.0 Å². The molecule has 1 N–H and O–H groups in total. The van der Waals surface area contributed by atoms with Gasteiger partial charge in [-0.15, -0.1) is 0 Å². The van der Waals surface area contributed by atoms with E-state index < -0.39 is 0 Å². The number of carbonyl (C=O) groups excluding carboxylic acids is 1. The van der Waals surface area contributed by atoms with Gasteiger partial charge in [0, 0.05) is 5.56 Å². The molecular formula is C15H23NO3. The van der Waals surface area contributed by atoms with E-state index in [9.17, 15) is 4.79 Å². The minimum Gasteiger partial charge on any atom is -0.466 e. The number of amides is 1. The summed E-state index contributed by atoms with van der Waals surface area (Å²) in [6.07, 6.45) is 6.66. The van der Waals surface area contributed by atoms with Crippen LogP contribution in [0.5, 0.6) is 0 Å². The molecule has 0 saturated heterocycles. The van der Waals surface area contributed by atoms with Crippen LogP contribution in [0, 0.1) is 19.8 Å². The Bertz CT molecular complexity index is 419. The molecule has 0 bridgehead atoms. The largest absolute Gasteiger partial charge is 0.466 e. The monoisotopic (exact) mass is 265 g/mol. The maximum absolute atomic E-state index is 11.7. The molecule has 2 rings (SSSR count). The molecular weight excluding hydrogens is 242 g/mol. The molecule has 19 heavy (non-hydrogen) atoms. The highest BCUT2D eigenvalue weighted by Gasteiger charge is 2.15. The molecule has 1 saturated carbocycles. The molecule has 1 heterocycles. The Morgan fingerprint density at radius 1 is 1.37 bits per heavy atom. The van der Waals surface area contributed by atoms with Gasteiger partial charge in [-0.05, 0) is 38.7 Å². The van der Waals surface area contributed by atoms with Crippen LogP contribution in [0.15, 0.2) is 10.5 Å². The number of hydrogen-bond acceptors (Lipinski definition) is 3. The summed E-state index contributed by atoms with van der Waals surface area (Å²) in [7, 11) is 0. The molecule has 0 unspecified atom stereocenters. The van der Waals surface area contributed by atoms with Crippen molar-refractivity contribution in [3.63, 3.8) is 0 Å². The first kappa shape index (κ1) is 14.1. The van der Waals surface area contributed by atoms with Crippen molar-refractivity contribution in [2.75, 3.05) is 6.61 Å². The number of rotatable bonds is 5. The summed E-state index contributed by atoms with van der Waals surface area (Å²) in [5.41, 5.74) is 3.46. The van der Waals surface area contributed by atoms with Crippen LogP contribution < -0.4 is 5.48 Å².